The van der Waals surface area contributed by atoms with Crippen molar-refractivity contribution in [3.05, 3.63) is 53.3 Å². The third-order valence-corrected chi connectivity index (χ3v) is 6.47. The van der Waals surface area contributed by atoms with Crippen molar-refractivity contribution in [2.75, 3.05) is 31.1 Å². The molecule has 3 aromatic rings. The smallest absolute Gasteiger partial charge is 0.307 e. The molecule has 2 aromatic heterocycles. The van der Waals surface area contributed by atoms with E-state index in [4.69, 9.17) is 21.3 Å². The van der Waals surface area contributed by atoms with Crippen LogP contribution in [0.15, 0.2) is 42.6 Å². The van der Waals surface area contributed by atoms with E-state index in [1.807, 2.05) is 43.5 Å². The number of rotatable bonds is 7. The second-order valence-corrected chi connectivity index (χ2v) is 8.65. The average molecular weight is 469 g/mol. The van der Waals surface area contributed by atoms with Crippen molar-refractivity contribution in [3.63, 3.8) is 0 Å². The highest BCUT2D eigenvalue weighted by Gasteiger charge is 2.26. The number of hydrogen-bond acceptors (Lipinski definition) is 5. The lowest BCUT2D eigenvalue weighted by atomic mass is 9.95. The molecule has 0 atom stereocenters. The number of halogens is 1. The quantitative estimate of drug-likeness (QED) is 0.524. The zero-order valence-corrected chi connectivity index (χ0v) is 19.8. The number of amides is 1. The first-order valence-corrected chi connectivity index (χ1v) is 11.8. The van der Waals surface area contributed by atoms with Gasteiger partial charge in [0, 0.05) is 48.7 Å². The maximum atomic E-state index is 12.5. The number of carbonyl (C=O) groups excluding carboxylic acids is 2. The third kappa shape index (κ3) is 5.14. The van der Waals surface area contributed by atoms with Gasteiger partial charge in [0.15, 0.2) is 0 Å². The molecule has 4 rings (SSSR count). The number of imidazole rings is 1. The highest BCUT2D eigenvalue weighted by atomic mass is 35.5. The van der Waals surface area contributed by atoms with Crippen LogP contribution >= 0.6 is 11.6 Å². The van der Waals surface area contributed by atoms with Crippen LogP contribution in [0, 0.1) is 12.8 Å². The number of pyridine rings is 1. The largest absolute Gasteiger partial charge is 0.466 e. The van der Waals surface area contributed by atoms with Crippen LogP contribution in [0.3, 0.4) is 0 Å². The topological polar surface area (TPSA) is 75.9 Å². The number of piperidine rings is 1. The van der Waals surface area contributed by atoms with E-state index in [1.165, 1.54) is 0 Å². The van der Waals surface area contributed by atoms with E-state index in [9.17, 15) is 9.59 Å². The van der Waals surface area contributed by atoms with Crippen LogP contribution in [0.4, 0.5) is 5.69 Å². The molecule has 1 aliphatic rings. The maximum Gasteiger partial charge on any atom is 0.307 e. The molecule has 1 amide bonds. The van der Waals surface area contributed by atoms with Crippen molar-refractivity contribution in [2.45, 2.75) is 33.1 Å². The predicted molar refractivity (Wildman–Crippen MR) is 130 cm³/mol. The van der Waals surface area contributed by atoms with E-state index < -0.39 is 0 Å². The SMILES string of the molecule is CCOC(=O)CCNC(=O)C1CCN(c2ccc(Cl)c(-c3nc4ccccn4c3C)c2)CC1. The minimum atomic E-state index is -0.285. The van der Waals surface area contributed by atoms with Gasteiger partial charge < -0.3 is 19.4 Å². The molecule has 174 valence electrons. The Morgan fingerprint density at radius 2 is 2.00 bits per heavy atom. The summed E-state index contributed by atoms with van der Waals surface area (Å²) in [4.78, 5) is 31.0. The van der Waals surface area contributed by atoms with E-state index in [-0.39, 0.29) is 24.2 Å². The van der Waals surface area contributed by atoms with Crippen molar-refractivity contribution < 1.29 is 14.3 Å². The van der Waals surface area contributed by atoms with Crippen LogP contribution in [0.5, 0.6) is 0 Å². The molecule has 1 fully saturated rings. The van der Waals surface area contributed by atoms with Gasteiger partial charge in [-0.2, -0.15) is 0 Å². The number of carbonyl (C=O) groups is 2. The Kier molecular flexibility index (Phi) is 7.18. The number of fused-ring (bicyclic) bond motifs is 1. The summed E-state index contributed by atoms with van der Waals surface area (Å²) >= 11 is 6.57. The maximum absolute atomic E-state index is 12.5. The van der Waals surface area contributed by atoms with Crippen LogP contribution in [0.1, 0.15) is 31.9 Å². The van der Waals surface area contributed by atoms with Gasteiger partial charge in [-0.3, -0.25) is 9.59 Å². The first kappa shape index (κ1) is 23.1. The van der Waals surface area contributed by atoms with Crippen molar-refractivity contribution in [2.24, 2.45) is 5.92 Å². The summed E-state index contributed by atoms with van der Waals surface area (Å²) in [5, 5.41) is 3.53. The first-order valence-electron chi connectivity index (χ1n) is 11.4. The van der Waals surface area contributed by atoms with E-state index in [2.05, 4.69) is 20.7 Å². The van der Waals surface area contributed by atoms with E-state index in [0.29, 0.717) is 18.2 Å². The van der Waals surface area contributed by atoms with Crippen LogP contribution in [-0.2, 0) is 14.3 Å². The Morgan fingerprint density at radius 3 is 2.73 bits per heavy atom. The summed E-state index contributed by atoms with van der Waals surface area (Å²) in [7, 11) is 0. The molecule has 8 heteroatoms. The second kappa shape index (κ2) is 10.3. The molecular formula is C25H29ClN4O3. The van der Waals surface area contributed by atoms with Crippen molar-refractivity contribution in [3.8, 4) is 11.3 Å². The van der Waals surface area contributed by atoms with Gasteiger partial charge in [0.25, 0.3) is 0 Å². The number of aromatic nitrogens is 2. The van der Waals surface area contributed by atoms with Gasteiger partial charge in [0.05, 0.1) is 23.7 Å². The molecule has 0 unspecified atom stereocenters. The number of nitrogens with zero attached hydrogens (tertiary/aromatic N) is 3. The monoisotopic (exact) mass is 468 g/mol. The molecule has 7 nitrogen and oxygen atoms in total. The Bertz CT molecular complexity index is 1150. The number of nitrogens with one attached hydrogen (secondary N) is 1. The molecule has 1 aromatic carbocycles. The summed E-state index contributed by atoms with van der Waals surface area (Å²) in [5.41, 5.74) is 4.80. The lowest BCUT2D eigenvalue weighted by Gasteiger charge is -2.33. The number of anilines is 1. The lowest BCUT2D eigenvalue weighted by molar-refractivity contribution is -0.143. The summed E-state index contributed by atoms with van der Waals surface area (Å²) in [6, 6.07) is 12.0. The molecule has 0 saturated carbocycles. The van der Waals surface area contributed by atoms with Crippen LogP contribution in [0.2, 0.25) is 5.02 Å². The zero-order chi connectivity index (χ0) is 23.4. The van der Waals surface area contributed by atoms with Crippen molar-refractivity contribution >= 4 is 34.8 Å². The van der Waals surface area contributed by atoms with Gasteiger partial charge >= 0.3 is 5.97 Å². The van der Waals surface area contributed by atoms with Crippen molar-refractivity contribution in [1.29, 1.82) is 0 Å². The molecule has 1 saturated heterocycles. The molecule has 33 heavy (non-hydrogen) atoms. The molecule has 0 radical (unpaired) electrons. The van der Waals surface area contributed by atoms with Crippen LogP contribution in [-0.4, -0.2) is 47.5 Å². The van der Waals surface area contributed by atoms with E-state index in [1.54, 1.807) is 6.92 Å². The molecule has 0 spiro atoms. The van der Waals surface area contributed by atoms with E-state index >= 15 is 0 Å². The number of benzene rings is 1. The zero-order valence-electron chi connectivity index (χ0n) is 19.0. The molecule has 1 aliphatic heterocycles. The highest BCUT2D eigenvalue weighted by molar-refractivity contribution is 6.33. The minimum Gasteiger partial charge on any atom is -0.466 e. The van der Waals surface area contributed by atoms with Crippen LogP contribution in [0.25, 0.3) is 16.9 Å². The fourth-order valence-corrected chi connectivity index (χ4v) is 4.54. The lowest BCUT2D eigenvalue weighted by Crippen LogP contribution is -2.41. The summed E-state index contributed by atoms with van der Waals surface area (Å²) in [5.74, 6) is -0.320. The number of esters is 1. The average Bonchev–Trinajstić information content (AvgIpc) is 3.16. The number of aryl methyl sites for hydroxylation is 1. The Balaban J connectivity index is 1.40. The summed E-state index contributed by atoms with van der Waals surface area (Å²) in [6.45, 7) is 6.05. The number of hydrogen-bond donors (Lipinski definition) is 1. The fourth-order valence-electron chi connectivity index (χ4n) is 4.33. The molecule has 1 N–H and O–H groups in total. The minimum absolute atomic E-state index is 0.0102. The Hall–Kier alpha value is -3.06. The summed E-state index contributed by atoms with van der Waals surface area (Å²) in [6.07, 6.45) is 3.73. The van der Waals surface area contributed by atoms with E-state index in [0.717, 1.165) is 54.2 Å². The second-order valence-electron chi connectivity index (χ2n) is 8.25. The van der Waals surface area contributed by atoms with Gasteiger partial charge in [0.1, 0.15) is 5.65 Å². The Morgan fingerprint density at radius 1 is 1.21 bits per heavy atom. The number of ether oxygens (including phenoxy) is 1. The van der Waals surface area contributed by atoms with Gasteiger partial charge in [-0.1, -0.05) is 17.7 Å². The highest BCUT2D eigenvalue weighted by Crippen LogP contribution is 2.35. The van der Waals surface area contributed by atoms with Gasteiger partial charge in [-0.05, 0) is 57.0 Å². The predicted octanol–water partition coefficient (Wildman–Crippen LogP) is 4.25. The molecular weight excluding hydrogens is 440 g/mol. The fraction of sp³-hybridized carbons (Fsp3) is 0.400. The van der Waals surface area contributed by atoms with Gasteiger partial charge in [-0.25, -0.2) is 4.98 Å². The molecule has 0 aliphatic carbocycles. The standard InChI is InChI=1S/C25H29ClN4O3/c1-3-33-23(31)9-12-27-25(32)18-10-14-29(15-11-18)19-7-8-21(26)20(16-19)24-17(2)30-13-5-4-6-22(30)28-24/h4-8,13,16,18H,3,9-12,14-15H2,1-2H3,(H,27,32). The van der Waals surface area contributed by atoms with Gasteiger partial charge in [-0.15, -0.1) is 0 Å². The molecule has 3 heterocycles. The Labute approximate surface area is 198 Å². The summed E-state index contributed by atoms with van der Waals surface area (Å²) < 4.78 is 6.95. The van der Waals surface area contributed by atoms with Crippen LogP contribution < -0.4 is 10.2 Å². The normalized spacial score (nSPS) is 14.5. The molecule has 0 bridgehead atoms. The third-order valence-electron chi connectivity index (χ3n) is 6.14. The van der Waals surface area contributed by atoms with Gasteiger partial charge in [0.2, 0.25) is 5.91 Å². The van der Waals surface area contributed by atoms with Crippen molar-refractivity contribution in [1.82, 2.24) is 14.7 Å². The first-order chi connectivity index (χ1) is 16.0.